The zero-order valence-corrected chi connectivity index (χ0v) is 23.5. The molecule has 0 unspecified atom stereocenters. The summed E-state index contributed by atoms with van der Waals surface area (Å²) >= 11 is 0. The standard InChI is InChI=1S/C31H40N4O3/c1-21-7-9-25(17-22(21)2)38-16-15-34(6)24-8-10-28(33-19-24)27-20-32-23(3)26(18-29(36)37)30(27)35-13-11-31(4,5)12-14-35/h7-10,17,19-20H,11-16,18H2,1-6H3,(H,36,37). The lowest BCUT2D eigenvalue weighted by molar-refractivity contribution is -0.136. The first kappa shape index (κ1) is 27.4. The van der Waals surface area contributed by atoms with Crippen LogP contribution in [0.15, 0.2) is 42.7 Å². The first-order valence-corrected chi connectivity index (χ1v) is 13.4. The van der Waals surface area contributed by atoms with Gasteiger partial charge in [0.25, 0.3) is 0 Å². The van der Waals surface area contributed by atoms with Crippen LogP contribution in [0, 0.1) is 26.2 Å². The quantitative estimate of drug-likeness (QED) is 0.383. The van der Waals surface area contributed by atoms with Gasteiger partial charge in [-0.25, -0.2) is 0 Å². The third-order valence-corrected chi connectivity index (χ3v) is 7.76. The predicted molar refractivity (Wildman–Crippen MR) is 153 cm³/mol. The van der Waals surface area contributed by atoms with E-state index in [4.69, 9.17) is 9.72 Å². The lowest BCUT2D eigenvalue weighted by Gasteiger charge is -2.40. The van der Waals surface area contributed by atoms with Crippen LogP contribution in [0.3, 0.4) is 0 Å². The van der Waals surface area contributed by atoms with Crippen LogP contribution in [0.5, 0.6) is 5.75 Å². The second-order valence-electron chi connectivity index (χ2n) is 11.2. The van der Waals surface area contributed by atoms with Gasteiger partial charge >= 0.3 is 5.97 Å². The fourth-order valence-electron chi connectivity index (χ4n) is 4.89. The molecule has 202 valence electrons. The molecule has 0 amide bonds. The molecule has 1 N–H and O–H groups in total. The maximum absolute atomic E-state index is 11.8. The van der Waals surface area contributed by atoms with Crippen LogP contribution in [-0.4, -0.2) is 54.3 Å². The van der Waals surface area contributed by atoms with E-state index < -0.39 is 5.97 Å². The van der Waals surface area contributed by atoms with Crippen molar-refractivity contribution in [2.45, 2.75) is 53.9 Å². The van der Waals surface area contributed by atoms with Gasteiger partial charge in [-0.05, 0) is 74.4 Å². The maximum atomic E-state index is 11.8. The van der Waals surface area contributed by atoms with E-state index in [-0.39, 0.29) is 11.8 Å². The Morgan fingerprint density at radius 1 is 1.05 bits per heavy atom. The number of aliphatic carboxylic acids is 1. The SMILES string of the molecule is Cc1ccc(OCCN(C)c2ccc(-c3cnc(C)c(CC(=O)O)c3N3CCC(C)(C)CC3)nc2)cc1C. The van der Waals surface area contributed by atoms with Gasteiger partial charge in [0.1, 0.15) is 12.4 Å². The second-order valence-corrected chi connectivity index (χ2v) is 11.2. The molecular weight excluding hydrogens is 476 g/mol. The van der Waals surface area contributed by atoms with Crippen molar-refractivity contribution >= 4 is 17.3 Å². The third-order valence-electron chi connectivity index (χ3n) is 7.76. The summed E-state index contributed by atoms with van der Waals surface area (Å²) in [6, 6.07) is 10.2. The predicted octanol–water partition coefficient (Wildman–Crippen LogP) is 5.84. The first-order valence-electron chi connectivity index (χ1n) is 13.4. The highest BCUT2D eigenvalue weighted by Gasteiger charge is 2.29. The van der Waals surface area contributed by atoms with Crippen LogP contribution in [-0.2, 0) is 11.2 Å². The molecule has 1 saturated heterocycles. The molecule has 1 aliphatic heterocycles. The first-order chi connectivity index (χ1) is 18.0. The average Bonchev–Trinajstić information content (AvgIpc) is 2.87. The molecule has 7 heteroatoms. The summed E-state index contributed by atoms with van der Waals surface area (Å²) in [5, 5.41) is 9.65. The number of rotatable bonds is 9. The normalized spacial score (nSPS) is 14.8. The Bertz CT molecular complexity index is 1280. The molecule has 38 heavy (non-hydrogen) atoms. The lowest BCUT2D eigenvalue weighted by Crippen LogP contribution is -2.38. The molecule has 1 aromatic carbocycles. The molecular formula is C31H40N4O3. The lowest BCUT2D eigenvalue weighted by atomic mass is 9.82. The molecule has 1 fully saturated rings. The molecule has 3 heterocycles. The Hall–Kier alpha value is -3.61. The number of pyridine rings is 2. The van der Waals surface area contributed by atoms with E-state index in [9.17, 15) is 9.90 Å². The molecule has 0 saturated carbocycles. The minimum absolute atomic E-state index is 0.0524. The third kappa shape index (κ3) is 6.44. The molecule has 3 aromatic rings. The molecule has 1 aliphatic rings. The number of anilines is 2. The summed E-state index contributed by atoms with van der Waals surface area (Å²) in [5.41, 5.74) is 7.95. The Labute approximate surface area is 226 Å². The zero-order valence-electron chi connectivity index (χ0n) is 23.5. The van der Waals surface area contributed by atoms with E-state index in [1.807, 2.05) is 38.5 Å². The maximum Gasteiger partial charge on any atom is 0.307 e. The minimum Gasteiger partial charge on any atom is -0.492 e. The fourth-order valence-corrected chi connectivity index (χ4v) is 4.89. The number of benzene rings is 1. The van der Waals surface area contributed by atoms with Gasteiger partial charge in [-0.15, -0.1) is 0 Å². The van der Waals surface area contributed by atoms with Gasteiger partial charge in [0.05, 0.1) is 36.2 Å². The molecule has 0 spiro atoms. The van der Waals surface area contributed by atoms with E-state index in [1.54, 1.807) is 0 Å². The monoisotopic (exact) mass is 516 g/mol. The number of hydrogen-bond acceptors (Lipinski definition) is 6. The van der Waals surface area contributed by atoms with E-state index in [0.717, 1.165) is 72.1 Å². The van der Waals surface area contributed by atoms with Crippen molar-refractivity contribution in [3.63, 3.8) is 0 Å². The Morgan fingerprint density at radius 3 is 2.42 bits per heavy atom. The van der Waals surface area contributed by atoms with Crippen molar-refractivity contribution in [3.05, 3.63) is 65.1 Å². The number of aryl methyl sites for hydroxylation is 3. The van der Waals surface area contributed by atoms with E-state index in [0.29, 0.717) is 6.61 Å². The van der Waals surface area contributed by atoms with E-state index in [1.165, 1.54) is 11.1 Å². The highest BCUT2D eigenvalue weighted by molar-refractivity contribution is 5.83. The van der Waals surface area contributed by atoms with Gasteiger partial charge in [0, 0.05) is 43.2 Å². The van der Waals surface area contributed by atoms with Crippen LogP contribution >= 0.6 is 0 Å². The number of carbonyl (C=O) groups is 1. The molecule has 2 aromatic heterocycles. The summed E-state index contributed by atoms with van der Waals surface area (Å²) in [4.78, 5) is 25.6. The number of likely N-dealkylation sites (N-methyl/N-ethyl adjacent to an activating group) is 1. The molecule has 4 rings (SSSR count). The van der Waals surface area contributed by atoms with Gasteiger partial charge in [-0.3, -0.25) is 14.8 Å². The summed E-state index contributed by atoms with van der Waals surface area (Å²) in [6.45, 7) is 13.7. The summed E-state index contributed by atoms with van der Waals surface area (Å²) in [6.07, 6.45) is 5.77. The van der Waals surface area contributed by atoms with Gasteiger partial charge < -0.3 is 19.6 Å². The van der Waals surface area contributed by atoms with Crippen molar-refractivity contribution in [1.82, 2.24) is 9.97 Å². The van der Waals surface area contributed by atoms with Crippen LogP contribution in [0.25, 0.3) is 11.3 Å². The Morgan fingerprint density at radius 2 is 1.79 bits per heavy atom. The van der Waals surface area contributed by atoms with E-state index >= 15 is 0 Å². The highest BCUT2D eigenvalue weighted by atomic mass is 16.5. The van der Waals surface area contributed by atoms with Crippen molar-refractivity contribution in [1.29, 1.82) is 0 Å². The second kappa shape index (κ2) is 11.4. The summed E-state index contributed by atoms with van der Waals surface area (Å²) < 4.78 is 5.96. The number of ether oxygens (including phenoxy) is 1. The molecule has 0 atom stereocenters. The highest BCUT2D eigenvalue weighted by Crippen LogP contribution is 2.39. The van der Waals surface area contributed by atoms with Crippen molar-refractivity contribution in [3.8, 4) is 17.0 Å². The molecule has 7 nitrogen and oxygen atoms in total. The van der Waals surface area contributed by atoms with Crippen LogP contribution in [0.2, 0.25) is 0 Å². The average molecular weight is 517 g/mol. The van der Waals surface area contributed by atoms with Crippen LogP contribution < -0.4 is 14.5 Å². The Kier molecular flexibility index (Phi) is 8.24. The molecule has 0 aliphatic carbocycles. The van der Waals surface area contributed by atoms with Gasteiger partial charge in [-0.2, -0.15) is 0 Å². The van der Waals surface area contributed by atoms with Gasteiger partial charge in [0.2, 0.25) is 0 Å². The smallest absolute Gasteiger partial charge is 0.307 e. The van der Waals surface area contributed by atoms with Gasteiger partial charge in [-0.1, -0.05) is 19.9 Å². The topological polar surface area (TPSA) is 78.8 Å². The van der Waals surface area contributed by atoms with E-state index in [2.05, 4.69) is 60.7 Å². The summed E-state index contributed by atoms with van der Waals surface area (Å²) in [7, 11) is 2.03. The number of nitrogens with zero attached hydrogens (tertiary/aromatic N) is 4. The largest absolute Gasteiger partial charge is 0.492 e. The van der Waals surface area contributed by atoms with Gasteiger partial charge in [0.15, 0.2) is 0 Å². The number of piperidine rings is 1. The number of aromatic nitrogens is 2. The minimum atomic E-state index is -0.849. The number of hydrogen-bond donors (Lipinski definition) is 1. The zero-order chi connectivity index (χ0) is 27.4. The number of carboxylic acids is 1. The van der Waals surface area contributed by atoms with Crippen molar-refractivity contribution in [2.24, 2.45) is 5.41 Å². The number of carboxylic acid groups (broad SMARTS) is 1. The Balaban J connectivity index is 1.53. The van der Waals surface area contributed by atoms with Crippen LogP contribution in [0.1, 0.15) is 49.1 Å². The molecule has 0 radical (unpaired) electrons. The molecule has 0 bridgehead atoms. The van der Waals surface area contributed by atoms with Crippen molar-refractivity contribution < 1.29 is 14.6 Å². The van der Waals surface area contributed by atoms with Crippen LogP contribution in [0.4, 0.5) is 11.4 Å². The summed E-state index contributed by atoms with van der Waals surface area (Å²) in [5.74, 6) is 0.0335. The fraction of sp³-hybridized carbons (Fsp3) is 0.452. The van der Waals surface area contributed by atoms with Crippen molar-refractivity contribution in [2.75, 3.05) is 43.1 Å².